The number of nitrogens with zero attached hydrogens (tertiary/aromatic N) is 1. The highest BCUT2D eigenvalue weighted by Crippen LogP contribution is 2.35. The molecule has 2 atom stereocenters. The molecule has 1 saturated carbocycles. The van der Waals surface area contributed by atoms with Crippen LogP contribution in [0.1, 0.15) is 32.1 Å². The standard InChI is InChI=1S/C10H17NO2/c12-7-10(13)11-6-5-8-3-1-2-4-9(8)11/h8-9,12H,1-7H2. The van der Waals surface area contributed by atoms with Crippen molar-refractivity contribution >= 4 is 5.91 Å². The molecule has 1 heterocycles. The highest BCUT2D eigenvalue weighted by Gasteiger charge is 2.37. The van der Waals surface area contributed by atoms with Crippen LogP contribution < -0.4 is 0 Å². The van der Waals surface area contributed by atoms with E-state index in [1.54, 1.807) is 0 Å². The van der Waals surface area contributed by atoms with E-state index in [4.69, 9.17) is 5.11 Å². The average Bonchev–Trinajstić information content (AvgIpc) is 2.60. The third-order valence-corrected chi connectivity index (χ3v) is 3.47. The molecule has 0 spiro atoms. The van der Waals surface area contributed by atoms with E-state index in [-0.39, 0.29) is 12.5 Å². The van der Waals surface area contributed by atoms with Gasteiger partial charge in [-0.15, -0.1) is 0 Å². The second-order valence-corrected chi connectivity index (χ2v) is 4.15. The average molecular weight is 183 g/mol. The number of hydrogen-bond donors (Lipinski definition) is 1. The van der Waals surface area contributed by atoms with Crippen molar-refractivity contribution in [3.63, 3.8) is 0 Å². The molecule has 0 aromatic carbocycles. The topological polar surface area (TPSA) is 40.5 Å². The van der Waals surface area contributed by atoms with Gasteiger partial charge in [-0.05, 0) is 25.2 Å². The van der Waals surface area contributed by atoms with Crippen LogP contribution >= 0.6 is 0 Å². The molecular formula is C10H17NO2. The Balaban J connectivity index is 2.02. The second kappa shape index (κ2) is 3.66. The van der Waals surface area contributed by atoms with E-state index < -0.39 is 0 Å². The van der Waals surface area contributed by atoms with E-state index in [1.165, 1.54) is 19.3 Å². The van der Waals surface area contributed by atoms with Gasteiger partial charge in [-0.1, -0.05) is 12.8 Å². The van der Waals surface area contributed by atoms with E-state index in [2.05, 4.69) is 0 Å². The molecule has 13 heavy (non-hydrogen) atoms. The summed E-state index contributed by atoms with van der Waals surface area (Å²) in [6.45, 7) is 0.554. The molecule has 2 rings (SSSR count). The predicted molar refractivity (Wildman–Crippen MR) is 49.2 cm³/mol. The van der Waals surface area contributed by atoms with E-state index in [1.807, 2.05) is 4.90 Å². The molecule has 2 aliphatic rings. The minimum Gasteiger partial charge on any atom is -0.387 e. The summed E-state index contributed by atoms with van der Waals surface area (Å²) in [4.78, 5) is 13.2. The van der Waals surface area contributed by atoms with Crippen molar-refractivity contribution in [2.75, 3.05) is 13.2 Å². The maximum Gasteiger partial charge on any atom is 0.248 e. The Kier molecular flexibility index (Phi) is 2.54. The van der Waals surface area contributed by atoms with Crippen LogP contribution in [0.5, 0.6) is 0 Å². The molecular weight excluding hydrogens is 166 g/mol. The fraction of sp³-hybridized carbons (Fsp3) is 0.900. The van der Waals surface area contributed by atoms with Gasteiger partial charge in [0.15, 0.2) is 0 Å². The first-order valence-electron chi connectivity index (χ1n) is 5.23. The van der Waals surface area contributed by atoms with Gasteiger partial charge < -0.3 is 10.0 Å². The van der Waals surface area contributed by atoms with Crippen molar-refractivity contribution in [3.8, 4) is 0 Å². The lowest BCUT2D eigenvalue weighted by Gasteiger charge is -2.31. The van der Waals surface area contributed by atoms with Crippen LogP contribution in [0.2, 0.25) is 0 Å². The van der Waals surface area contributed by atoms with Crippen LogP contribution in [0.25, 0.3) is 0 Å². The number of rotatable bonds is 1. The highest BCUT2D eigenvalue weighted by atomic mass is 16.3. The number of hydrogen-bond acceptors (Lipinski definition) is 2. The Morgan fingerprint density at radius 3 is 2.85 bits per heavy atom. The van der Waals surface area contributed by atoms with Crippen LogP contribution in [0.4, 0.5) is 0 Å². The first kappa shape index (κ1) is 9.00. The third kappa shape index (κ3) is 1.57. The van der Waals surface area contributed by atoms with Crippen molar-refractivity contribution in [1.29, 1.82) is 0 Å². The molecule has 0 bridgehead atoms. The van der Waals surface area contributed by atoms with Crippen molar-refractivity contribution in [1.82, 2.24) is 4.90 Å². The molecule has 1 N–H and O–H groups in total. The zero-order valence-corrected chi connectivity index (χ0v) is 7.91. The van der Waals surface area contributed by atoms with E-state index in [0.29, 0.717) is 6.04 Å². The molecule has 0 aromatic rings. The fourth-order valence-corrected chi connectivity index (χ4v) is 2.81. The summed E-state index contributed by atoms with van der Waals surface area (Å²) in [5.74, 6) is 0.652. The minimum absolute atomic E-state index is 0.0746. The normalized spacial score (nSPS) is 33.2. The number of amides is 1. The van der Waals surface area contributed by atoms with E-state index in [9.17, 15) is 4.79 Å². The van der Waals surface area contributed by atoms with Gasteiger partial charge in [0.25, 0.3) is 0 Å². The van der Waals surface area contributed by atoms with Crippen molar-refractivity contribution in [3.05, 3.63) is 0 Å². The first-order valence-corrected chi connectivity index (χ1v) is 5.23. The zero-order chi connectivity index (χ0) is 9.26. The van der Waals surface area contributed by atoms with Crippen molar-refractivity contribution in [2.45, 2.75) is 38.1 Å². The number of aliphatic hydroxyl groups excluding tert-OH is 1. The third-order valence-electron chi connectivity index (χ3n) is 3.47. The summed E-state index contributed by atoms with van der Waals surface area (Å²) in [5.41, 5.74) is 0. The van der Waals surface area contributed by atoms with Crippen LogP contribution in [0, 0.1) is 5.92 Å². The molecule has 1 saturated heterocycles. The molecule has 74 valence electrons. The Morgan fingerprint density at radius 1 is 1.31 bits per heavy atom. The molecule has 3 nitrogen and oxygen atoms in total. The van der Waals surface area contributed by atoms with Gasteiger partial charge in [0.1, 0.15) is 6.61 Å². The first-order chi connectivity index (χ1) is 6.33. The van der Waals surface area contributed by atoms with E-state index >= 15 is 0 Å². The van der Waals surface area contributed by atoms with Gasteiger partial charge in [0.2, 0.25) is 5.91 Å². The zero-order valence-electron chi connectivity index (χ0n) is 7.91. The van der Waals surface area contributed by atoms with Crippen molar-refractivity contribution < 1.29 is 9.90 Å². The molecule has 2 unspecified atom stereocenters. The van der Waals surface area contributed by atoms with Gasteiger partial charge >= 0.3 is 0 Å². The number of carbonyl (C=O) groups is 1. The van der Waals surface area contributed by atoms with Gasteiger partial charge in [0, 0.05) is 12.6 Å². The smallest absolute Gasteiger partial charge is 0.248 e. The van der Waals surface area contributed by atoms with Crippen LogP contribution in [0.3, 0.4) is 0 Å². The summed E-state index contributed by atoms with van der Waals surface area (Å²) < 4.78 is 0. The summed E-state index contributed by atoms with van der Waals surface area (Å²) in [6.07, 6.45) is 6.14. The van der Waals surface area contributed by atoms with Crippen LogP contribution in [0.15, 0.2) is 0 Å². The SMILES string of the molecule is O=C(CO)N1CCC2CCCCC21. The Hall–Kier alpha value is -0.570. The monoisotopic (exact) mass is 183 g/mol. The molecule has 1 amide bonds. The predicted octanol–water partition coefficient (Wildman–Crippen LogP) is 0.770. The van der Waals surface area contributed by atoms with Gasteiger partial charge in [0.05, 0.1) is 0 Å². The Morgan fingerprint density at radius 2 is 2.08 bits per heavy atom. The summed E-state index contributed by atoms with van der Waals surface area (Å²) in [5, 5.41) is 8.79. The van der Waals surface area contributed by atoms with Gasteiger partial charge in [-0.25, -0.2) is 0 Å². The lowest BCUT2D eigenvalue weighted by atomic mass is 9.85. The largest absolute Gasteiger partial charge is 0.387 e. The van der Waals surface area contributed by atoms with Gasteiger partial charge in [-0.3, -0.25) is 4.79 Å². The molecule has 0 aromatic heterocycles. The lowest BCUT2D eigenvalue weighted by molar-refractivity contribution is -0.135. The second-order valence-electron chi connectivity index (χ2n) is 4.15. The van der Waals surface area contributed by atoms with Crippen molar-refractivity contribution in [2.24, 2.45) is 5.92 Å². The highest BCUT2D eigenvalue weighted by molar-refractivity contribution is 5.77. The molecule has 3 heteroatoms. The Labute approximate surface area is 78.7 Å². The van der Waals surface area contributed by atoms with Gasteiger partial charge in [-0.2, -0.15) is 0 Å². The van der Waals surface area contributed by atoms with Crippen LogP contribution in [-0.4, -0.2) is 35.1 Å². The Bertz CT molecular complexity index is 205. The van der Waals surface area contributed by atoms with E-state index in [0.717, 1.165) is 25.3 Å². The summed E-state index contributed by atoms with van der Waals surface area (Å²) in [6, 6.07) is 0.452. The molecule has 2 fully saturated rings. The fourth-order valence-electron chi connectivity index (χ4n) is 2.81. The lowest BCUT2D eigenvalue weighted by Crippen LogP contribution is -2.40. The van der Waals surface area contributed by atoms with Crippen LogP contribution in [-0.2, 0) is 4.79 Å². The quantitative estimate of drug-likeness (QED) is 0.652. The number of carbonyl (C=O) groups excluding carboxylic acids is 1. The number of fused-ring (bicyclic) bond motifs is 1. The number of aliphatic hydroxyl groups is 1. The summed E-state index contributed by atoms with van der Waals surface area (Å²) >= 11 is 0. The molecule has 1 aliphatic carbocycles. The molecule has 1 aliphatic heterocycles. The molecule has 0 radical (unpaired) electrons. The maximum atomic E-state index is 11.3. The number of likely N-dealkylation sites (tertiary alicyclic amines) is 1. The summed E-state index contributed by atoms with van der Waals surface area (Å²) in [7, 11) is 0. The maximum absolute atomic E-state index is 11.3. The minimum atomic E-state index is -0.316.